The highest BCUT2D eigenvalue weighted by atomic mass is 16.2. The van der Waals surface area contributed by atoms with Gasteiger partial charge in [-0.1, -0.05) is 12.1 Å². The second-order valence-corrected chi connectivity index (χ2v) is 5.68. The summed E-state index contributed by atoms with van der Waals surface area (Å²) in [4.78, 5) is 2.14. The molecule has 0 saturated carbocycles. The molecule has 3 heteroatoms. The molecular formula is C18H24N2O. The van der Waals surface area contributed by atoms with Gasteiger partial charge >= 0.3 is 0 Å². The summed E-state index contributed by atoms with van der Waals surface area (Å²) in [6.45, 7) is 4.42. The third-order valence-corrected chi connectivity index (χ3v) is 3.90. The normalized spacial score (nSPS) is 10.7. The van der Waals surface area contributed by atoms with Gasteiger partial charge in [0.2, 0.25) is 0 Å². The van der Waals surface area contributed by atoms with Gasteiger partial charge in [0.05, 0.1) is 0 Å². The van der Waals surface area contributed by atoms with Crippen molar-refractivity contribution in [1.82, 2.24) is 0 Å². The van der Waals surface area contributed by atoms with E-state index >= 15 is 0 Å². The van der Waals surface area contributed by atoms with Gasteiger partial charge in [0.25, 0.3) is 0 Å². The number of nitrogen functional groups attached to an aromatic ring is 1. The van der Waals surface area contributed by atoms with Crippen LogP contribution in [0.2, 0.25) is 0 Å². The van der Waals surface area contributed by atoms with E-state index in [4.69, 9.17) is 5.73 Å². The minimum atomic E-state index is 0.152. The number of anilines is 2. The van der Waals surface area contributed by atoms with Crippen molar-refractivity contribution in [2.75, 3.05) is 31.3 Å². The zero-order valence-corrected chi connectivity index (χ0v) is 13.3. The minimum Gasteiger partial charge on any atom is -0.399 e. The first-order valence-corrected chi connectivity index (χ1v) is 7.23. The maximum atomic E-state index is 9.42. The fourth-order valence-electron chi connectivity index (χ4n) is 3.05. The Morgan fingerprint density at radius 2 is 1.71 bits per heavy atom. The molecule has 0 amide bonds. The van der Waals surface area contributed by atoms with Gasteiger partial charge in [-0.05, 0) is 66.3 Å². The Bertz CT molecular complexity index is 631. The number of nitrogens with two attached hydrogens (primary N) is 1. The molecule has 0 aliphatic rings. The van der Waals surface area contributed by atoms with Gasteiger partial charge in [0.15, 0.2) is 0 Å². The number of nitrogens with zero attached hydrogens (tertiary/aromatic N) is 1. The van der Waals surface area contributed by atoms with E-state index in [1.54, 1.807) is 0 Å². The number of benzene rings is 2. The van der Waals surface area contributed by atoms with Crippen LogP contribution in [0.15, 0.2) is 30.3 Å². The summed E-state index contributed by atoms with van der Waals surface area (Å²) in [5.74, 6) is 0. The molecule has 112 valence electrons. The number of aliphatic hydroxyl groups is 1. The predicted octanol–water partition coefficient (Wildman–Crippen LogP) is 3.15. The molecule has 0 spiro atoms. The Morgan fingerprint density at radius 1 is 1.10 bits per heavy atom. The van der Waals surface area contributed by atoms with Crippen molar-refractivity contribution in [3.63, 3.8) is 0 Å². The van der Waals surface area contributed by atoms with Crippen LogP contribution >= 0.6 is 0 Å². The Labute approximate surface area is 127 Å². The van der Waals surface area contributed by atoms with Crippen molar-refractivity contribution in [3.05, 3.63) is 47.0 Å². The van der Waals surface area contributed by atoms with Crippen molar-refractivity contribution in [1.29, 1.82) is 0 Å². The minimum absolute atomic E-state index is 0.152. The highest BCUT2D eigenvalue weighted by molar-refractivity contribution is 5.76. The molecule has 0 aliphatic heterocycles. The summed E-state index contributed by atoms with van der Waals surface area (Å²) in [5, 5.41) is 9.42. The average Bonchev–Trinajstić information content (AvgIpc) is 2.42. The molecule has 0 atom stereocenters. The first-order valence-electron chi connectivity index (χ1n) is 7.23. The van der Waals surface area contributed by atoms with Gasteiger partial charge in [-0.15, -0.1) is 0 Å². The molecule has 0 radical (unpaired) electrons. The predicted molar refractivity (Wildman–Crippen MR) is 90.9 cm³/mol. The SMILES string of the molecule is Cc1cc(-c2ccc(N)cc2)c(CCO)c(C)c1N(C)C. The van der Waals surface area contributed by atoms with E-state index in [9.17, 15) is 5.11 Å². The van der Waals surface area contributed by atoms with Crippen molar-refractivity contribution in [2.24, 2.45) is 0 Å². The second kappa shape index (κ2) is 6.19. The van der Waals surface area contributed by atoms with Crippen molar-refractivity contribution >= 4 is 11.4 Å². The number of rotatable bonds is 4. The number of hydrogen-bond acceptors (Lipinski definition) is 3. The Kier molecular flexibility index (Phi) is 4.53. The van der Waals surface area contributed by atoms with Gasteiger partial charge in [-0.2, -0.15) is 0 Å². The van der Waals surface area contributed by atoms with E-state index in [0.29, 0.717) is 6.42 Å². The lowest BCUT2D eigenvalue weighted by molar-refractivity contribution is 0.299. The van der Waals surface area contributed by atoms with Crippen LogP contribution in [0.1, 0.15) is 16.7 Å². The van der Waals surface area contributed by atoms with Crippen LogP contribution in [0.25, 0.3) is 11.1 Å². The Balaban J connectivity index is 2.67. The van der Waals surface area contributed by atoms with E-state index in [2.05, 4.69) is 38.9 Å². The maximum Gasteiger partial charge on any atom is 0.0471 e. The fourth-order valence-corrected chi connectivity index (χ4v) is 3.05. The van der Waals surface area contributed by atoms with E-state index < -0.39 is 0 Å². The monoisotopic (exact) mass is 284 g/mol. The largest absolute Gasteiger partial charge is 0.399 e. The molecular weight excluding hydrogens is 260 g/mol. The highest BCUT2D eigenvalue weighted by Crippen LogP contribution is 2.35. The summed E-state index contributed by atoms with van der Waals surface area (Å²) in [6, 6.07) is 10.1. The second-order valence-electron chi connectivity index (χ2n) is 5.68. The smallest absolute Gasteiger partial charge is 0.0471 e. The molecule has 3 N–H and O–H groups in total. The van der Waals surface area contributed by atoms with Crippen LogP contribution in [-0.4, -0.2) is 25.8 Å². The van der Waals surface area contributed by atoms with Crippen LogP contribution in [0.5, 0.6) is 0 Å². The van der Waals surface area contributed by atoms with Crippen LogP contribution < -0.4 is 10.6 Å². The van der Waals surface area contributed by atoms with Gasteiger partial charge in [-0.25, -0.2) is 0 Å². The van der Waals surface area contributed by atoms with Gasteiger partial charge < -0.3 is 15.7 Å². The third kappa shape index (κ3) is 3.03. The average molecular weight is 284 g/mol. The van der Waals surface area contributed by atoms with E-state index in [1.165, 1.54) is 27.9 Å². The van der Waals surface area contributed by atoms with E-state index in [0.717, 1.165) is 11.3 Å². The molecule has 0 saturated heterocycles. The van der Waals surface area contributed by atoms with Gasteiger partial charge in [0.1, 0.15) is 0 Å². The number of hydrogen-bond donors (Lipinski definition) is 2. The van der Waals surface area contributed by atoms with E-state index in [1.807, 2.05) is 24.3 Å². The van der Waals surface area contributed by atoms with Gasteiger partial charge in [0, 0.05) is 32.1 Å². The first kappa shape index (κ1) is 15.4. The molecule has 0 bridgehead atoms. The zero-order chi connectivity index (χ0) is 15.6. The summed E-state index contributed by atoms with van der Waals surface area (Å²) in [5.41, 5.74) is 13.8. The van der Waals surface area contributed by atoms with Gasteiger partial charge in [-0.3, -0.25) is 0 Å². The van der Waals surface area contributed by atoms with Crippen LogP contribution in [-0.2, 0) is 6.42 Å². The molecule has 0 unspecified atom stereocenters. The molecule has 2 aromatic carbocycles. The molecule has 0 heterocycles. The van der Waals surface area contributed by atoms with Crippen molar-refractivity contribution < 1.29 is 5.11 Å². The molecule has 2 aromatic rings. The fraction of sp³-hybridized carbons (Fsp3) is 0.333. The lowest BCUT2D eigenvalue weighted by Crippen LogP contribution is -2.14. The number of aliphatic hydroxyl groups excluding tert-OH is 1. The highest BCUT2D eigenvalue weighted by Gasteiger charge is 2.15. The summed E-state index contributed by atoms with van der Waals surface area (Å²) >= 11 is 0. The molecule has 0 aliphatic carbocycles. The third-order valence-electron chi connectivity index (χ3n) is 3.90. The first-order chi connectivity index (χ1) is 9.95. The molecule has 2 rings (SSSR count). The Hall–Kier alpha value is -2.00. The summed E-state index contributed by atoms with van der Waals surface area (Å²) in [7, 11) is 4.11. The zero-order valence-electron chi connectivity index (χ0n) is 13.3. The standard InChI is InChI=1S/C18H24N2O/c1-12-11-17(14-5-7-15(19)8-6-14)16(9-10-21)13(2)18(12)20(3)4/h5-8,11,21H,9-10,19H2,1-4H3. The summed E-state index contributed by atoms with van der Waals surface area (Å²) in [6.07, 6.45) is 0.659. The van der Waals surface area contributed by atoms with E-state index in [-0.39, 0.29) is 6.61 Å². The van der Waals surface area contributed by atoms with Crippen molar-refractivity contribution in [3.8, 4) is 11.1 Å². The van der Waals surface area contributed by atoms with Crippen LogP contribution in [0.4, 0.5) is 11.4 Å². The summed E-state index contributed by atoms with van der Waals surface area (Å²) < 4.78 is 0. The maximum absolute atomic E-state index is 9.42. The molecule has 21 heavy (non-hydrogen) atoms. The van der Waals surface area contributed by atoms with Crippen molar-refractivity contribution in [2.45, 2.75) is 20.3 Å². The molecule has 0 fully saturated rings. The molecule has 3 nitrogen and oxygen atoms in total. The lowest BCUT2D eigenvalue weighted by atomic mass is 9.90. The Morgan fingerprint density at radius 3 is 2.24 bits per heavy atom. The van der Waals surface area contributed by atoms with Crippen LogP contribution in [0, 0.1) is 13.8 Å². The lowest BCUT2D eigenvalue weighted by Gasteiger charge is -2.24. The van der Waals surface area contributed by atoms with Crippen LogP contribution in [0.3, 0.4) is 0 Å². The topological polar surface area (TPSA) is 49.5 Å². The molecule has 0 aromatic heterocycles. The number of aryl methyl sites for hydroxylation is 1. The quantitative estimate of drug-likeness (QED) is 0.848.